The fourth-order valence-corrected chi connectivity index (χ4v) is 6.50. The normalized spacial score (nSPS) is 21.9. The minimum absolute atomic E-state index is 0.237. The van der Waals surface area contributed by atoms with E-state index >= 15 is 0 Å². The van der Waals surface area contributed by atoms with Crippen LogP contribution in [0.3, 0.4) is 0 Å². The van der Waals surface area contributed by atoms with E-state index in [1.54, 1.807) is 11.1 Å². The molecular weight excluding hydrogens is 422 g/mol. The molecule has 0 N–H and O–H groups in total. The van der Waals surface area contributed by atoms with E-state index < -0.39 is 0 Å². The minimum Gasteiger partial charge on any atom is -0.252 e. The molecule has 3 aromatic carbocycles. The first kappa shape index (κ1) is 22.0. The van der Waals surface area contributed by atoms with Crippen molar-refractivity contribution in [3.8, 4) is 0 Å². The van der Waals surface area contributed by atoms with Gasteiger partial charge in [0.25, 0.3) is 0 Å². The third kappa shape index (κ3) is 3.57. The van der Waals surface area contributed by atoms with Crippen LogP contribution in [-0.4, -0.2) is 5.71 Å². The van der Waals surface area contributed by atoms with Gasteiger partial charge in [0.1, 0.15) is 0 Å². The second-order valence-electron chi connectivity index (χ2n) is 10.2. The maximum absolute atomic E-state index is 4.57. The number of allylic oxidation sites excluding steroid dienone is 7. The predicted octanol–water partition coefficient (Wildman–Crippen LogP) is 9.38. The van der Waals surface area contributed by atoms with Crippen molar-refractivity contribution < 1.29 is 0 Å². The molecule has 0 spiro atoms. The Morgan fingerprint density at radius 2 is 1.83 bits per heavy atom. The molecular formula is C34H33N. The van der Waals surface area contributed by atoms with E-state index in [1.807, 2.05) is 6.07 Å². The van der Waals surface area contributed by atoms with Crippen LogP contribution in [0.25, 0.3) is 22.4 Å². The van der Waals surface area contributed by atoms with Crippen LogP contribution < -0.4 is 0 Å². The van der Waals surface area contributed by atoms with Gasteiger partial charge in [-0.05, 0) is 58.7 Å². The maximum Gasteiger partial charge on any atom is 0.0712 e. The zero-order valence-corrected chi connectivity index (χ0v) is 20.8. The van der Waals surface area contributed by atoms with E-state index in [2.05, 4.69) is 110 Å². The molecule has 1 nitrogen and oxygen atoms in total. The highest BCUT2D eigenvalue weighted by molar-refractivity contribution is 6.30. The van der Waals surface area contributed by atoms with Gasteiger partial charge in [-0.2, -0.15) is 0 Å². The van der Waals surface area contributed by atoms with Crippen LogP contribution in [0.4, 0.5) is 5.69 Å². The Balaban J connectivity index is 0.000000149. The van der Waals surface area contributed by atoms with Crippen molar-refractivity contribution >= 4 is 33.8 Å². The lowest BCUT2D eigenvalue weighted by atomic mass is 9.57. The van der Waals surface area contributed by atoms with E-state index in [9.17, 15) is 0 Å². The minimum atomic E-state index is 0.237. The molecule has 0 amide bonds. The summed E-state index contributed by atoms with van der Waals surface area (Å²) >= 11 is 0. The van der Waals surface area contributed by atoms with E-state index in [4.69, 9.17) is 0 Å². The maximum atomic E-state index is 4.57. The molecule has 7 rings (SSSR count). The average Bonchev–Trinajstić information content (AvgIpc) is 3.31. The predicted molar refractivity (Wildman–Crippen MR) is 151 cm³/mol. The number of hydrogen-bond acceptors (Lipinski definition) is 1. The van der Waals surface area contributed by atoms with E-state index in [0.29, 0.717) is 5.92 Å². The second kappa shape index (κ2) is 8.96. The summed E-state index contributed by atoms with van der Waals surface area (Å²) < 4.78 is 0. The Morgan fingerprint density at radius 3 is 2.74 bits per heavy atom. The van der Waals surface area contributed by atoms with Crippen LogP contribution in [0.15, 0.2) is 102 Å². The van der Waals surface area contributed by atoms with Crippen molar-refractivity contribution in [2.24, 2.45) is 10.9 Å². The van der Waals surface area contributed by atoms with Gasteiger partial charge < -0.3 is 0 Å². The van der Waals surface area contributed by atoms with Crippen molar-refractivity contribution in [3.05, 3.63) is 113 Å². The Morgan fingerprint density at radius 1 is 0.971 bits per heavy atom. The molecule has 2 atom stereocenters. The van der Waals surface area contributed by atoms with Crippen molar-refractivity contribution in [2.45, 2.75) is 51.4 Å². The monoisotopic (exact) mass is 455 g/mol. The number of fused-ring (bicyclic) bond motifs is 8. The number of hydrogen-bond donors (Lipinski definition) is 0. The first-order chi connectivity index (χ1) is 17.2. The first-order valence-corrected chi connectivity index (χ1v) is 13.2. The highest BCUT2D eigenvalue weighted by Gasteiger charge is 2.43. The van der Waals surface area contributed by atoms with E-state index in [1.165, 1.54) is 58.9 Å². The standard InChI is InChI=1S/C22H24.C12H9N/c1-3-16(2)22-15-7-6-9-18(22)12-13-20-19-10-5-4-8-17(19)11-14-21(20)22;1-3-7-11-9(5-1)10-6-2-4-8-12(10)13-11/h4-5,8-14,16H,3,6-7,15H2,1-2H3;1-7H,8H2. The highest BCUT2D eigenvalue weighted by atomic mass is 14.8. The molecule has 3 aromatic rings. The van der Waals surface area contributed by atoms with Crippen molar-refractivity contribution in [3.63, 3.8) is 0 Å². The molecule has 0 saturated carbocycles. The molecule has 3 aliphatic carbocycles. The Hall–Kier alpha value is -3.45. The summed E-state index contributed by atoms with van der Waals surface area (Å²) in [7, 11) is 0. The number of nitrogens with zero attached hydrogens (tertiary/aromatic N) is 1. The Bertz CT molecular complexity index is 1440. The molecule has 35 heavy (non-hydrogen) atoms. The van der Waals surface area contributed by atoms with Crippen molar-refractivity contribution in [1.29, 1.82) is 0 Å². The number of para-hydroxylation sites is 1. The van der Waals surface area contributed by atoms with Crippen LogP contribution in [0.5, 0.6) is 0 Å². The summed E-state index contributed by atoms with van der Waals surface area (Å²) in [6.07, 6.45) is 19.7. The first-order valence-electron chi connectivity index (χ1n) is 13.2. The average molecular weight is 456 g/mol. The fourth-order valence-electron chi connectivity index (χ4n) is 6.50. The molecule has 1 aliphatic heterocycles. The molecule has 0 saturated heterocycles. The lowest BCUT2D eigenvalue weighted by Gasteiger charge is -2.46. The van der Waals surface area contributed by atoms with Crippen LogP contribution in [0.1, 0.15) is 62.6 Å². The Labute approximate surface area is 209 Å². The van der Waals surface area contributed by atoms with Gasteiger partial charge in [0.05, 0.1) is 11.4 Å². The Kier molecular flexibility index (Phi) is 5.65. The van der Waals surface area contributed by atoms with Crippen LogP contribution in [-0.2, 0) is 5.41 Å². The van der Waals surface area contributed by atoms with Crippen LogP contribution >= 0.6 is 0 Å². The lowest BCUT2D eigenvalue weighted by molar-refractivity contribution is 0.294. The highest BCUT2D eigenvalue weighted by Crippen LogP contribution is 2.52. The molecule has 0 radical (unpaired) electrons. The second-order valence-corrected chi connectivity index (χ2v) is 10.2. The number of benzene rings is 3. The van der Waals surface area contributed by atoms with Crippen molar-refractivity contribution in [1.82, 2.24) is 0 Å². The summed E-state index contributed by atoms with van der Waals surface area (Å²) in [4.78, 5) is 4.57. The van der Waals surface area contributed by atoms with Gasteiger partial charge in [0.2, 0.25) is 0 Å². The third-order valence-electron chi connectivity index (χ3n) is 8.46. The van der Waals surface area contributed by atoms with Gasteiger partial charge in [-0.25, -0.2) is 0 Å². The number of rotatable bonds is 2. The summed E-state index contributed by atoms with van der Waals surface area (Å²) in [5, 5.41) is 2.76. The molecule has 4 aliphatic rings. The number of aliphatic imine (C=N–C) groups is 1. The fraction of sp³-hybridized carbons (Fsp3) is 0.265. The van der Waals surface area contributed by atoms with Gasteiger partial charge in [-0.15, -0.1) is 0 Å². The summed E-state index contributed by atoms with van der Waals surface area (Å²) in [5.74, 6) is 0.684. The lowest BCUT2D eigenvalue weighted by Crippen LogP contribution is -2.39. The topological polar surface area (TPSA) is 12.4 Å². The third-order valence-corrected chi connectivity index (χ3v) is 8.46. The van der Waals surface area contributed by atoms with Crippen LogP contribution in [0.2, 0.25) is 0 Å². The SMILES string of the molecule is C1=CCC2=Nc3ccccc3C2=C1.CCC(C)C12CCCC=C1C=Cc1c2ccc2ccccc12. The van der Waals surface area contributed by atoms with Gasteiger partial charge in [0, 0.05) is 23.0 Å². The molecule has 174 valence electrons. The quantitative estimate of drug-likeness (QED) is 0.365. The molecule has 0 aromatic heterocycles. The van der Waals surface area contributed by atoms with Gasteiger partial charge in [-0.3, -0.25) is 4.99 Å². The summed E-state index contributed by atoms with van der Waals surface area (Å²) in [5.41, 5.74) is 9.74. The largest absolute Gasteiger partial charge is 0.252 e. The van der Waals surface area contributed by atoms with E-state index in [0.717, 1.165) is 12.1 Å². The molecule has 0 fully saturated rings. The smallest absolute Gasteiger partial charge is 0.0712 e. The summed E-state index contributed by atoms with van der Waals surface area (Å²) in [6.45, 7) is 4.78. The van der Waals surface area contributed by atoms with Gasteiger partial charge >= 0.3 is 0 Å². The van der Waals surface area contributed by atoms with E-state index in [-0.39, 0.29) is 5.41 Å². The molecule has 1 heteroatoms. The van der Waals surface area contributed by atoms with Gasteiger partial charge in [-0.1, -0.05) is 111 Å². The van der Waals surface area contributed by atoms with Crippen molar-refractivity contribution in [2.75, 3.05) is 0 Å². The zero-order chi connectivity index (χ0) is 23.8. The van der Waals surface area contributed by atoms with Gasteiger partial charge in [0.15, 0.2) is 0 Å². The zero-order valence-electron chi connectivity index (χ0n) is 20.8. The van der Waals surface area contributed by atoms with Crippen LogP contribution in [0, 0.1) is 5.92 Å². The summed E-state index contributed by atoms with van der Waals surface area (Å²) in [6, 6.07) is 21.8. The molecule has 2 unspecified atom stereocenters. The molecule has 0 bridgehead atoms. The molecule has 1 heterocycles.